The minimum absolute atomic E-state index is 0.0207. The van der Waals surface area contributed by atoms with Gasteiger partial charge in [0.15, 0.2) is 17.2 Å². The number of benzene rings is 1. The van der Waals surface area contributed by atoms with E-state index in [0.717, 1.165) is 6.07 Å². The maximum Gasteiger partial charge on any atom is 0.274 e. The molecule has 3 aliphatic rings. The van der Waals surface area contributed by atoms with Crippen LogP contribution in [-0.2, 0) is 16.0 Å². The van der Waals surface area contributed by atoms with Gasteiger partial charge in [-0.25, -0.2) is 8.78 Å². The first kappa shape index (κ1) is 22.5. The number of fused-ring (bicyclic) bond motifs is 5. The molecule has 1 aromatic carbocycles. The van der Waals surface area contributed by atoms with Crippen molar-refractivity contribution in [3.8, 4) is 5.75 Å². The third kappa shape index (κ3) is 3.46. The fraction of sp³-hybridized carbons (Fsp3) is 0.435. The number of aromatic nitrogens is 1. The van der Waals surface area contributed by atoms with Gasteiger partial charge in [0.25, 0.3) is 11.8 Å². The number of amides is 2. The molecule has 3 aliphatic heterocycles. The number of nitrogens with one attached hydrogen (secondary N) is 1. The molecule has 4 heterocycles. The number of hydrogen-bond acceptors (Lipinski definition) is 6. The molecule has 180 valence electrons. The minimum Gasteiger partial charge on any atom is -0.503 e. The van der Waals surface area contributed by atoms with E-state index in [9.17, 15) is 28.3 Å². The average Bonchev–Trinajstić information content (AvgIpc) is 3.24. The largest absolute Gasteiger partial charge is 0.503 e. The Morgan fingerprint density at radius 3 is 2.71 bits per heavy atom. The predicted octanol–water partition coefficient (Wildman–Crippen LogP) is 1.68. The number of rotatable bonds is 3. The molecule has 2 aromatic rings. The number of aromatic hydroxyl groups is 1. The highest BCUT2D eigenvalue weighted by molar-refractivity contribution is 5.99. The van der Waals surface area contributed by atoms with E-state index in [-0.39, 0.29) is 30.4 Å². The van der Waals surface area contributed by atoms with Crippen LogP contribution in [0.5, 0.6) is 5.75 Å². The van der Waals surface area contributed by atoms with Crippen molar-refractivity contribution in [2.45, 2.75) is 44.2 Å². The molecule has 0 radical (unpaired) electrons. The van der Waals surface area contributed by atoms with E-state index >= 15 is 0 Å². The van der Waals surface area contributed by atoms with Gasteiger partial charge in [-0.15, -0.1) is 0 Å². The van der Waals surface area contributed by atoms with Crippen molar-refractivity contribution in [1.29, 1.82) is 0 Å². The quantitative estimate of drug-likeness (QED) is 0.699. The Morgan fingerprint density at radius 2 is 2.00 bits per heavy atom. The Kier molecular flexibility index (Phi) is 5.40. The maximum absolute atomic E-state index is 13.9. The maximum atomic E-state index is 13.9. The second-order valence-electron chi connectivity index (χ2n) is 8.76. The molecule has 5 rings (SSSR count). The summed E-state index contributed by atoms with van der Waals surface area (Å²) in [4.78, 5) is 40.5. The number of nitrogens with zero attached hydrogens (tertiary/aromatic N) is 2. The van der Waals surface area contributed by atoms with Gasteiger partial charge in [0, 0.05) is 43.4 Å². The van der Waals surface area contributed by atoms with Crippen molar-refractivity contribution >= 4 is 11.8 Å². The third-order valence-electron chi connectivity index (χ3n) is 6.80. The molecule has 11 heteroatoms. The second-order valence-corrected chi connectivity index (χ2v) is 8.76. The molecule has 1 spiro atoms. The van der Waals surface area contributed by atoms with Crippen LogP contribution in [0, 0.1) is 11.6 Å². The van der Waals surface area contributed by atoms with Crippen molar-refractivity contribution < 1.29 is 33.0 Å². The topological polar surface area (TPSA) is 110 Å². The molecule has 0 saturated carbocycles. The van der Waals surface area contributed by atoms with Crippen molar-refractivity contribution in [1.82, 2.24) is 14.8 Å². The number of halogens is 2. The van der Waals surface area contributed by atoms with Crippen LogP contribution in [0.15, 0.2) is 29.2 Å². The molecule has 2 amide bonds. The number of ether oxygens (including phenoxy) is 2. The molecular formula is C23H23F2N3O6. The summed E-state index contributed by atoms with van der Waals surface area (Å²) in [6.07, 6.45) is 2.30. The lowest BCUT2D eigenvalue weighted by atomic mass is 9.99. The fourth-order valence-electron chi connectivity index (χ4n) is 4.94. The average molecular weight is 475 g/mol. The lowest BCUT2D eigenvalue weighted by Gasteiger charge is -2.42. The van der Waals surface area contributed by atoms with Gasteiger partial charge in [-0.1, -0.05) is 6.07 Å². The summed E-state index contributed by atoms with van der Waals surface area (Å²) in [5, 5.41) is 13.1. The summed E-state index contributed by atoms with van der Waals surface area (Å²) < 4.78 is 40.4. The van der Waals surface area contributed by atoms with Crippen LogP contribution < -0.4 is 10.7 Å². The molecule has 2 saturated heterocycles. The summed E-state index contributed by atoms with van der Waals surface area (Å²) in [7, 11) is 0. The Hall–Kier alpha value is -3.31. The van der Waals surface area contributed by atoms with E-state index in [1.807, 2.05) is 6.92 Å². The Labute approximate surface area is 192 Å². The van der Waals surface area contributed by atoms with E-state index < -0.39 is 52.0 Å². The summed E-state index contributed by atoms with van der Waals surface area (Å²) >= 11 is 0. The van der Waals surface area contributed by atoms with Gasteiger partial charge in [-0.2, -0.15) is 0 Å². The van der Waals surface area contributed by atoms with Gasteiger partial charge in [-0.05, 0) is 19.4 Å². The molecule has 34 heavy (non-hydrogen) atoms. The molecule has 2 N–H and O–H groups in total. The molecule has 0 unspecified atom stereocenters. The minimum atomic E-state index is -1.06. The Morgan fingerprint density at radius 1 is 1.26 bits per heavy atom. The van der Waals surface area contributed by atoms with E-state index in [4.69, 9.17) is 9.47 Å². The van der Waals surface area contributed by atoms with Gasteiger partial charge >= 0.3 is 0 Å². The number of carbonyl (C=O) groups excluding carboxylic acids is 2. The number of hydrogen-bond donors (Lipinski definition) is 2. The van der Waals surface area contributed by atoms with Crippen LogP contribution in [0.3, 0.4) is 0 Å². The normalized spacial score (nSPS) is 23.0. The number of carbonyl (C=O) groups is 2. The highest BCUT2D eigenvalue weighted by Gasteiger charge is 2.53. The summed E-state index contributed by atoms with van der Waals surface area (Å²) in [6.45, 7) is 2.51. The van der Waals surface area contributed by atoms with Gasteiger partial charge in [-0.3, -0.25) is 14.4 Å². The lowest BCUT2D eigenvalue weighted by molar-refractivity contribution is -0.193. The van der Waals surface area contributed by atoms with Crippen LogP contribution in [0.1, 0.15) is 52.2 Å². The van der Waals surface area contributed by atoms with E-state index in [2.05, 4.69) is 5.32 Å². The first-order chi connectivity index (χ1) is 16.2. The summed E-state index contributed by atoms with van der Waals surface area (Å²) in [6, 6.07) is 2.15. The van der Waals surface area contributed by atoms with E-state index in [1.165, 1.54) is 16.8 Å². The third-order valence-corrected chi connectivity index (χ3v) is 6.80. The van der Waals surface area contributed by atoms with Crippen LogP contribution in [-0.4, -0.2) is 58.0 Å². The van der Waals surface area contributed by atoms with Gasteiger partial charge in [0.2, 0.25) is 5.43 Å². The Balaban J connectivity index is 1.54. The van der Waals surface area contributed by atoms with Gasteiger partial charge < -0.3 is 29.4 Å². The van der Waals surface area contributed by atoms with Crippen molar-refractivity contribution in [2.75, 3.05) is 19.8 Å². The van der Waals surface area contributed by atoms with Crippen LogP contribution in [0.4, 0.5) is 8.78 Å². The summed E-state index contributed by atoms with van der Waals surface area (Å²) in [5.41, 5.74) is -1.65. The van der Waals surface area contributed by atoms with Crippen LogP contribution >= 0.6 is 0 Å². The van der Waals surface area contributed by atoms with E-state index in [1.54, 1.807) is 4.90 Å². The molecule has 0 aliphatic carbocycles. The second kappa shape index (κ2) is 8.17. The van der Waals surface area contributed by atoms with Gasteiger partial charge in [0.05, 0.1) is 13.2 Å². The molecule has 1 aromatic heterocycles. The smallest absolute Gasteiger partial charge is 0.274 e. The fourth-order valence-corrected chi connectivity index (χ4v) is 4.94. The number of pyridine rings is 1. The first-order valence-corrected chi connectivity index (χ1v) is 11.0. The SMILES string of the molecule is C[C@H]1CCC2(OCCO2)[C@H]2CN1C(=O)c1c(O)c(=O)c(C(=O)NCc3ccc(F)cc3F)cn12. The van der Waals surface area contributed by atoms with Crippen LogP contribution in [0.2, 0.25) is 0 Å². The molecular weight excluding hydrogens is 452 g/mol. The van der Waals surface area contributed by atoms with E-state index in [0.29, 0.717) is 32.1 Å². The highest BCUT2D eigenvalue weighted by atomic mass is 19.1. The van der Waals surface area contributed by atoms with Crippen molar-refractivity contribution in [2.24, 2.45) is 0 Å². The van der Waals surface area contributed by atoms with Crippen molar-refractivity contribution in [3.63, 3.8) is 0 Å². The molecule has 2 atom stereocenters. The zero-order valence-electron chi connectivity index (χ0n) is 18.3. The Bertz CT molecular complexity index is 1240. The standard InChI is InChI=1S/C23H23F2N3O6/c1-12-4-5-23(33-6-7-34-23)17-11-27(12)22(32)18-20(30)19(29)15(10-28(17)18)21(31)26-9-13-2-3-14(24)8-16(13)25/h2-3,8,10,12,17,30H,4-7,9,11H2,1H3,(H,26,31)/t12-,17+/m0/s1. The predicted molar refractivity (Wildman–Crippen MR) is 113 cm³/mol. The molecule has 2 bridgehead atoms. The lowest BCUT2D eigenvalue weighted by Crippen LogP contribution is -2.52. The van der Waals surface area contributed by atoms with Gasteiger partial charge in [0.1, 0.15) is 23.2 Å². The molecule has 9 nitrogen and oxygen atoms in total. The monoisotopic (exact) mass is 475 g/mol. The first-order valence-electron chi connectivity index (χ1n) is 11.0. The van der Waals surface area contributed by atoms with Crippen molar-refractivity contribution in [3.05, 3.63) is 63.1 Å². The zero-order chi connectivity index (χ0) is 24.2. The molecule has 2 fully saturated rings. The van der Waals surface area contributed by atoms with Crippen LogP contribution in [0.25, 0.3) is 0 Å². The zero-order valence-corrected chi connectivity index (χ0v) is 18.3. The summed E-state index contributed by atoms with van der Waals surface area (Å²) in [5.74, 6) is -4.91. The highest BCUT2D eigenvalue weighted by Crippen LogP contribution is 2.44.